The van der Waals surface area contributed by atoms with E-state index in [1.54, 1.807) is 0 Å². The van der Waals surface area contributed by atoms with Gasteiger partial charge in [0.25, 0.3) is 0 Å². The molecule has 0 radical (unpaired) electrons. The summed E-state index contributed by atoms with van der Waals surface area (Å²) < 4.78 is 8.00. The van der Waals surface area contributed by atoms with Gasteiger partial charge < -0.3 is 38.3 Å². The molecule has 0 aliphatic rings. The summed E-state index contributed by atoms with van der Waals surface area (Å²) in [6.07, 6.45) is 0. The second-order valence-electron chi connectivity index (χ2n) is 0. The predicted octanol–water partition coefficient (Wildman–Crippen LogP) is -5.89. The molecular weight excluding hydrogens is 184 g/mol. The summed E-state index contributed by atoms with van der Waals surface area (Å²) in [6, 6.07) is 0. The van der Waals surface area contributed by atoms with Gasteiger partial charge in [0.15, 0.2) is 0 Å². The van der Waals surface area contributed by atoms with Crippen LogP contribution in [-0.4, -0.2) is 38.3 Å². The molecule has 8 nitrogen and oxygen atoms in total. The predicted molar refractivity (Wildman–Crippen MR) is 26.0 cm³/mol. The summed E-state index contributed by atoms with van der Waals surface area (Å²) >= 11 is 2.00. The third kappa shape index (κ3) is 188000. The van der Waals surface area contributed by atoms with Crippen LogP contribution in [0.25, 0.3) is 0 Å². The average molecular weight is 198 g/mol. The van der Waals surface area contributed by atoms with Crippen molar-refractivity contribution in [3.63, 3.8) is 0 Å². The molecule has 0 heterocycles. The molecule has 0 saturated carbocycles. The van der Waals surface area contributed by atoms with Crippen molar-refractivity contribution in [2.75, 3.05) is 0 Å². The van der Waals surface area contributed by atoms with Crippen molar-refractivity contribution >= 4 is 0 Å². The molecule has 0 aromatic rings. The summed E-state index contributed by atoms with van der Waals surface area (Å²) in [5.41, 5.74) is 0. The van der Waals surface area contributed by atoms with E-state index in [0.29, 0.717) is 0 Å². The number of rotatable bonds is 0. The van der Waals surface area contributed by atoms with Crippen LogP contribution in [0.15, 0.2) is 0 Å². The molecule has 70 valence electrons. The van der Waals surface area contributed by atoms with Crippen LogP contribution in [0, 0.1) is 0 Å². The van der Waals surface area contributed by atoms with Gasteiger partial charge in [0.1, 0.15) is 0 Å². The summed E-state index contributed by atoms with van der Waals surface area (Å²) in [5, 5.41) is 0. The Morgan fingerprint density at radius 2 is 0.444 bits per heavy atom. The van der Waals surface area contributed by atoms with Crippen molar-refractivity contribution in [2.45, 2.75) is 0 Å². The molecule has 0 spiro atoms. The molecule has 9 heteroatoms. The minimum atomic E-state index is 0. The normalized spacial score (nSPS) is 0.556. The monoisotopic (exact) mass is 198 g/mol. The van der Waals surface area contributed by atoms with E-state index in [4.69, 9.17) is 3.83 Å². The summed E-state index contributed by atoms with van der Waals surface area (Å²) in [6.45, 7) is 0. The fourth-order valence-corrected chi connectivity index (χ4v) is 0. The van der Waals surface area contributed by atoms with Gasteiger partial charge in [0.2, 0.25) is 0 Å². The molecule has 0 bridgehead atoms. The summed E-state index contributed by atoms with van der Waals surface area (Å²) in [7, 11) is 0. The van der Waals surface area contributed by atoms with Crippen molar-refractivity contribution in [1.29, 1.82) is 0 Å². The van der Waals surface area contributed by atoms with E-state index in [1.165, 1.54) is 0 Å². The van der Waals surface area contributed by atoms with E-state index >= 15 is 0 Å². The first-order valence-corrected chi connectivity index (χ1v) is 0.595. The van der Waals surface area contributed by atoms with Gasteiger partial charge in [-0.25, -0.2) is 0 Å². The molecule has 0 rings (SSSR count). The van der Waals surface area contributed by atoms with Crippen LogP contribution in [0.2, 0.25) is 0 Å². The van der Waals surface area contributed by atoms with Gasteiger partial charge in [-0.1, -0.05) is 0 Å². The fraction of sp³-hybridized carbons (Fsp3) is 0. The van der Waals surface area contributed by atoms with Gasteiger partial charge in [0.05, 0.1) is 0 Å². The van der Waals surface area contributed by atoms with Crippen LogP contribution in [0.3, 0.4) is 0 Å². The van der Waals surface area contributed by atoms with E-state index in [-0.39, 0.29) is 38.3 Å². The maximum atomic E-state index is 8.00. The zero-order valence-corrected chi connectivity index (χ0v) is 5.37. The molecule has 0 aliphatic carbocycles. The molecule has 0 atom stereocenters. The first kappa shape index (κ1) is 541. The zero-order valence-electron chi connectivity index (χ0n) is 4.26. The Morgan fingerprint density at radius 3 is 0.444 bits per heavy atom. The van der Waals surface area contributed by atoms with Crippen LogP contribution >= 0.6 is 0 Å². The van der Waals surface area contributed by atoms with Gasteiger partial charge >= 0.3 is 19.8 Å². The molecule has 9 heavy (non-hydrogen) atoms. The molecule has 0 aromatic heterocycles. The van der Waals surface area contributed by atoms with Crippen LogP contribution in [0.5, 0.6) is 0 Å². The second kappa shape index (κ2) is 256000. The standard InChI is InChI=1S/Fe.7H2O.O/h;7*1H2;. The van der Waals surface area contributed by atoms with Gasteiger partial charge in [-0.3, -0.25) is 0 Å². The zero-order chi connectivity index (χ0) is 2.00. The van der Waals surface area contributed by atoms with Crippen LogP contribution in [0.1, 0.15) is 0 Å². The molecule has 0 amide bonds. The van der Waals surface area contributed by atoms with E-state index in [9.17, 15) is 0 Å². The quantitative estimate of drug-likeness (QED) is 0.339. The summed E-state index contributed by atoms with van der Waals surface area (Å²) in [4.78, 5) is 0. The van der Waals surface area contributed by atoms with Crippen molar-refractivity contribution < 1.29 is 58.1 Å². The first-order chi connectivity index (χ1) is 1.00. The average Bonchev–Trinajstić information content (AvgIpc) is 1.00. The van der Waals surface area contributed by atoms with Crippen molar-refractivity contribution in [3.05, 3.63) is 0 Å². The van der Waals surface area contributed by atoms with E-state index in [1.807, 2.05) is 15.9 Å². The van der Waals surface area contributed by atoms with E-state index in [0.717, 1.165) is 0 Å². The second-order valence-corrected chi connectivity index (χ2v) is 0. The van der Waals surface area contributed by atoms with E-state index < -0.39 is 0 Å². The van der Waals surface area contributed by atoms with E-state index in [2.05, 4.69) is 0 Å². The third-order valence-electron chi connectivity index (χ3n) is 0. The molecule has 0 unspecified atom stereocenters. The molecule has 0 saturated heterocycles. The van der Waals surface area contributed by atoms with Gasteiger partial charge in [0, 0.05) is 0 Å². The van der Waals surface area contributed by atoms with Crippen molar-refractivity contribution in [1.82, 2.24) is 0 Å². The molecule has 14 N–H and O–H groups in total. The molecular formula is H14FeO8. The van der Waals surface area contributed by atoms with Crippen LogP contribution < -0.4 is 0 Å². The topological polar surface area (TPSA) is 238 Å². The van der Waals surface area contributed by atoms with Gasteiger partial charge in [-0.2, -0.15) is 0 Å². The minimum absolute atomic E-state index is 0. The Hall–Kier alpha value is 0.0395. The van der Waals surface area contributed by atoms with Crippen LogP contribution in [0.4, 0.5) is 0 Å². The Labute approximate surface area is 59.0 Å². The summed E-state index contributed by atoms with van der Waals surface area (Å²) in [5.74, 6) is 0. The Kier molecular flexibility index (Phi) is 15400000. The van der Waals surface area contributed by atoms with Crippen LogP contribution in [-0.2, 0) is 19.8 Å². The molecule has 0 aromatic carbocycles. The molecule has 0 fully saturated rings. The number of hydrogen-bond donors (Lipinski definition) is 0. The SMILES string of the molecule is O.O.O.O.O.O.O.[O]=[Fe]. The third-order valence-corrected chi connectivity index (χ3v) is 0. The molecule has 0 aliphatic heterocycles. The first-order valence-electron chi connectivity index (χ1n) is 0.144. The Balaban J connectivity index is -0.000000000238. The number of hydrogen-bond acceptors (Lipinski definition) is 1. The Bertz CT molecular complexity index is 4.53. The fourth-order valence-electron chi connectivity index (χ4n) is 0. The van der Waals surface area contributed by atoms with Crippen molar-refractivity contribution in [3.8, 4) is 0 Å². The Morgan fingerprint density at radius 1 is 0.444 bits per heavy atom. The van der Waals surface area contributed by atoms with Gasteiger partial charge in [-0.05, 0) is 0 Å². The van der Waals surface area contributed by atoms with Gasteiger partial charge in [-0.15, -0.1) is 0 Å². The van der Waals surface area contributed by atoms with Crippen molar-refractivity contribution in [2.24, 2.45) is 0 Å². The maximum absolute atomic E-state index is 8.00.